The maximum atomic E-state index is 13.5. The summed E-state index contributed by atoms with van der Waals surface area (Å²) in [4.78, 5) is 28.3. The normalized spacial score (nSPS) is 11.5. The molecule has 3 rings (SSSR count). The maximum Gasteiger partial charge on any atom is 0.261 e. The quantitative estimate of drug-likeness (QED) is 0.453. The number of ether oxygens (including phenoxy) is 1. The zero-order chi connectivity index (χ0) is 24.3. The van der Waals surface area contributed by atoms with E-state index in [1.807, 2.05) is 92.7 Å². The van der Waals surface area contributed by atoms with Gasteiger partial charge in [-0.15, -0.1) is 0 Å². The van der Waals surface area contributed by atoms with Gasteiger partial charge in [0.25, 0.3) is 5.91 Å². The Kier molecular flexibility index (Phi) is 9.27. The van der Waals surface area contributed by atoms with Crippen molar-refractivity contribution in [2.45, 2.75) is 46.2 Å². The number of aryl methyl sites for hydroxylation is 2. The predicted octanol–water partition coefficient (Wildman–Crippen LogP) is 4.71. The Hall–Kier alpha value is -3.60. The zero-order valence-electron chi connectivity index (χ0n) is 20.3. The van der Waals surface area contributed by atoms with E-state index >= 15 is 0 Å². The van der Waals surface area contributed by atoms with Crippen molar-refractivity contribution in [1.29, 1.82) is 0 Å². The van der Waals surface area contributed by atoms with Gasteiger partial charge in [0.15, 0.2) is 6.61 Å². The molecule has 0 saturated carbocycles. The number of amides is 2. The highest BCUT2D eigenvalue weighted by atomic mass is 16.5. The average Bonchev–Trinajstić information content (AvgIpc) is 2.87. The Bertz CT molecular complexity index is 1050. The summed E-state index contributed by atoms with van der Waals surface area (Å²) in [6.07, 6.45) is 1.37. The molecule has 0 saturated heterocycles. The summed E-state index contributed by atoms with van der Waals surface area (Å²) < 4.78 is 5.82. The fourth-order valence-electron chi connectivity index (χ4n) is 3.79. The fourth-order valence-corrected chi connectivity index (χ4v) is 3.79. The first kappa shape index (κ1) is 25.0. The lowest BCUT2D eigenvalue weighted by atomic mass is 10.0. The Morgan fingerprint density at radius 3 is 2.12 bits per heavy atom. The van der Waals surface area contributed by atoms with Crippen molar-refractivity contribution < 1.29 is 14.3 Å². The lowest BCUT2D eigenvalue weighted by Crippen LogP contribution is -2.51. The average molecular weight is 459 g/mol. The molecule has 3 aromatic carbocycles. The fraction of sp³-hybridized carbons (Fsp3) is 0.310. The number of carbonyl (C=O) groups excluding carboxylic acids is 2. The van der Waals surface area contributed by atoms with Crippen LogP contribution in [0.2, 0.25) is 0 Å². The molecule has 1 N–H and O–H groups in total. The minimum Gasteiger partial charge on any atom is -0.484 e. The summed E-state index contributed by atoms with van der Waals surface area (Å²) >= 11 is 0. The van der Waals surface area contributed by atoms with Crippen LogP contribution in [0.1, 0.15) is 36.1 Å². The summed E-state index contributed by atoms with van der Waals surface area (Å²) in [5.41, 5.74) is 4.31. The summed E-state index contributed by atoms with van der Waals surface area (Å²) in [7, 11) is 0. The van der Waals surface area contributed by atoms with Crippen molar-refractivity contribution in [3.63, 3.8) is 0 Å². The molecular formula is C29H34N2O3. The molecule has 5 heteroatoms. The van der Waals surface area contributed by atoms with Crippen LogP contribution in [0.15, 0.2) is 78.9 Å². The van der Waals surface area contributed by atoms with Crippen LogP contribution < -0.4 is 10.1 Å². The Morgan fingerprint density at radius 2 is 1.50 bits per heavy atom. The number of hydrogen-bond donors (Lipinski definition) is 1. The van der Waals surface area contributed by atoms with Crippen LogP contribution in [0, 0.1) is 6.92 Å². The molecule has 3 aromatic rings. The van der Waals surface area contributed by atoms with Crippen LogP contribution in [-0.2, 0) is 29.0 Å². The molecule has 0 aromatic heterocycles. The van der Waals surface area contributed by atoms with E-state index in [1.165, 1.54) is 5.56 Å². The van der Waals surface area contributed by atoms with E-state index in [9.17, 15) is 9.59 Å². The lowest BCUT2D eigenvalue weighted by Gasteiger charge is -2.31. The van der Waals surface area contributed by atoms with Crippen molar-refractivity contribution in [3.05, 3.63) is 101 Å². The van der Waals surface area contributed by atoms with Crippen molar-refractivity contribution >= 4 is 11.8 Å². The number of nitrogens with one attached hydrogen (secondary N) is 1. The predicted molar refractivity (Wildman–Crippen MR) is 136 cm³/mol. The van der Waals surface area contributed by atoms with Gasteiger partial charge in [0.2, 0.25) is 5.91 Å². The molecule has 0 aliphatic rings. The third-order valence-corrected chi connectivity index (χ3v) is 5.79. The molecule has 34 heavy (non-hydrogen) atoms. The summed E-state index contributed by atoms with van der Waals surface area (Å²) in [6.45, 7) is 6.69. The molecule has 0 radical (unpaired) electrons. The SMILES string of the molecule is CCNC(=O)C(Cc1ccccc1)N(Cc1ccc(C)cc1)C(=O)COc1ccc(CC)cc1. The highest BCUT2D eigenvalue weighted by Gasteiger charge is 2.30. The maximum absolute atomic E-state index is 13.5. The van der Waals surface area contributed by atoms with Gasteiger partial charge in [-0.2, -0.15) is 0 Å². The molecule has 0 aliphatic carbocycles. The van der Waals surface area contributed by atoms with Crippen LogP contribution in [0.5, 0.6) is 5.75 Å². The van der Waals surface area contributed by atoms with E-state index in [1.54, 1.807) is 4.90 Å². The smallest absolute Gasteiger partial charge is 0.261 e. The van der Waals surface area contributed by atoms with Gasteiger partial charge < -0.3 is 15.0 Å². The summed E-state index contributed by atoms with van der Waals surface area (Å²) in [6, 6.07) is 24.9. The van der Waals surface area contributed by atoms with Crippen molar-refractivity contribution in [1.82, 2.24) is 10.2 Å². The second-order valence-electron chi connectivity index (χ2n) is 8.39. The van der Waals surface area contributed by atoms with E-state index in [4.69, 9.17) is 4.74 Å². The van der Waals surface area contributed by atoms with E-state index in [0.29, 0.717) is 25.3 Å². The molecule has 0 fully saturated rings. The Balaban J connectivity index is 1.85. The van der Waals surface area contributed by atoms with Gasteiger partial charge in [0.1, 0.15) is 11.8 Å². The van der Waals surface area contributed by atoms with Crippen molar-refractivity contribution in [3.8, 4) is 5.75 Å². The van der Waals surface area contributed by atoms with Gasteiger partial charge in [-0.05, 0) is 49.1 Å². The molecule has 1 atom stereocenters. The van der Waals surface area contributed by atoms with Gasteiger partial charge in [0.05, 0.1) is 0 Å². The number of likely N-dealkylation sites (N-methyl/N-ethyl adjacent to an activating group) is 1. The number of nitrogens with zero attached hydrogens (tertiary/aromatic N) is 1. The van der Waals surface area contributed by atoms with Gasteiger partial charge >= 0.3 is 0 Å². The Morgan fingerprint density at radius 1 is 0.853 bits per heavy atom. The monoisotopic (exact) mass is 458 g/mol. The summed E-state index contributed by atoms with van der Waals surface area (Å²) in [5.74, 6) is 0.241. The van der Waals surface area contributed by atoms with Gasteiger partial charge in [-0.25, -0.2) is 0 Å². The Labute approximate surface area is 202 Å². The minimum atomic E-state index is -0.651. The highest BCUT2D eigenvalue weighted by molar-refractivity contribution is 5.88. The third-order valence-electron chi connectivity index (χ3n) is 5.79. The molecule has 0 spiro atoms. The topological polar surface area (TPSA) is 58.6 Å². The molecular weight excluding hydrogens is 424 g/mol. The molecule has 0 aliphatic heterocycles. The largest absolute Gasteiger partial charge is 0.484 e. The third kappa shape index (κ3) is 7.20. The number of rotatable bonds is 11. The van der Waals surface area contributed by atoms with Gasteiger partial charge in [-0.3, -0.25) is 9.59 Å². The van der Waals surface area contributed by atoms with Crippen LogP contribution >= 0.6 is 0 Å². The molecule has 2 amide bonds. The van der Waals surface area contributed by atoms with Crippen LogP contribution in [0.25, 0.3) is 0 Å². The van der Waals surface area contributed by atoms with Gasteiger partial charge in [-0.1, -0.05) is 79.2 Å². The van der Waals surface area contributed by atoms with Crippen LogP contribution in [-0.4, -0.2) is 35.9 Å². The first-order valence-electron chi connectivity index (χ1n) is 11.9. The first-order valence-corrected chi connectivity index (χ1v) is 11.9. The van der Waals surface area contributed by atoms with E-state index in [0.717, 1.165) is 23.1 Å². The summed E-state index contributed by atoms with van der Waals surface area (Å²) in [5, 5.41) is 2.91. The van der Waals surface area contributed by atoms with Crippen molar-refractivity contribution in [2.24, 2.45) is 0 Å². The van der Waals surface area contributed by atoms with Gasteiger partial charge in [0, 0.05) is 19.5 Å². The number of benzene rings is 3. The first-order chi connectivity index (χ1) is 16.5. The second kappa shape index (κ2) is 12.6. The lowest BCUT2D eigenvalue weighted by molar-refractivity contribution is -0.142. The highest BCUT2D eigenvalue weighted by Crippen LogP contribution is 2.17. The standard InChI is InChI=1S/C29H34N2O3/c1-4-23-15-17-26(18-16-23)34-21-28(32)31(20-25-13-11-22(3)12-14-25)27(29(33)30-5-2)19-24-9-7-6-8-10-24/h6-18,27H,4-5,19-21H2,1-3H3,(H,30,33). The second-order valence-corrected chi connectivity index (χ2v) is 8.39. The molecule has 5 nitrogen and oxygen atoms in total. The minimum absolute atomic E-state index is 0.137. The molecule has 1 unspecified atom stereocenters. The number of hydrogen-bond acceptors (Lipinski definition) is 3. The van der Waals surface area contributed by atoms with E-state index in [2.05, 4.69) is 12.2 Å². The number of carbonyl (C=O) groups is 2. The van der Waals surface area contributed by atoms with E-state index < -0.39 is 6.04 Å². The molecule has 178 valence electrons. The molecule has 0 heterocycles. The van der Waals surface area contributed by atoms with Crippen molar-refractivity contribution in [2.75, 3.05) is 13.2 Å². The van der Waals surface area contributed by atoms with E-state index in [-0.39, 0.29) is 18.4 Å². The molecule has 0 bridgehead atoms. The van der Waals surface area contributed by atoms with Crippen LogP contribution in [0.4, 0.5) is 0 Å². The zero-order valence-corrected chi connectivity index (χ0v) is 20.3. The van der Waals surface area contributed by atoms with Crippen LogP contribution in [0.3, 0.4) is 0 Å².